The molecule has 0 fully saturated rings. The van der Waals surface area contributed by atoms with E-state index in [4.69, 9.17) is 0 Å². The van der Waals surface area contributed by atoms with Crippen molar-refractivity contribution in [1.82, 2.24) is 0 Å². The molecule has 2 unspecified atom stereocenters. The molecule has 2 aromatic carbocycles. The lowest BCUT2D eigenvalue weighted by atomic mass is 9.89. The van der Waals surface area contributed by atoms with Gasteiger partial charge in [-0.05, 0) is 22.8 Å². The normalized spacial score (nSPS) is 14.1. The van der Waals surface area contributed by atoms with Gasteiger partial charge in [-0.25, -0.2) is 0 Å². The number of aliphatic carboxylic acids is 1. The van der Waals surface area contributed by atoms with Gasteiger partial charge in [0.2, 0.25) is 0 Å². The Bertz CT molecular complexity index is 592. The number of carboxylic acids is 1. The molecular formula is C17H20O3. The van der Waals surface area contributed by atoms with E-state index >= 15 is 0 Å². The molecule has 3 nitrogen and oxygen atoms in total. The van der Waals surface area contributed by atoms with Gasteiger partial charge < -0.3 is 10.2 Å². The second kappa shape index (κ2) is 6.53. The van der Waals surface area contributed by atoms with Gasteiger partial charge in [0.05, 0.1) is 6.10 Å². The maximum atomic E-state index is 11.5. The molecule has 3 heteroatoms. The molecule has 0 aliphatic rings. The highest BCUT2D eigenvalue weighted by Crippen LogP contribution is 2.26. The third-order valence-electron chi connectivity index (χ3n) is 3.64. The third-order valence-corrected chi connectivity index (χ3v) is 3.64. The van der Waals surface area contributed by atoms with E-state index in [0.29, 0.717) is 12.0 Å². The summed E-state index contributed by atoms with van der Waals surface area (Å²) in [4.78, 5) is 11.5. The van der Waals surface area contributed by atoms with Crippen molar-refractivity contribution in [3.05, 3.63) is 48.0 Å². The number of unbranched alkanes of at least 4 members (excludes halogenated alkanes) is 1. The van der Waals surface area contributed by atoms with E-state index in [2.05, 4.69) is 0 Å². The number of aliphatic hydroxyl groups excluding tert-OH is 1. The zero-order valence-electron chi connectivity index (χ0n) is 11.6. The van der Waals surface area contributed by atoms with Crippen LogP contribution >= 0.6 is 0 Å². The zero-order valence-corrected chi connectivity index (χ0v) is 11.6. The van der Waals surface area contributed by atoms with Crippen molar-refractivity contribution in [2.75, 3.05) is 0 Å². The fourth-order valence-electron chi connectivity index (χ4n) is 2.51. The Labute approximate surface area is 118 Å². The van der Waals surface area contributed by atoms with Gasteiger partial charge in [0.15, 0.2) is 0 Å². The minimum Gasteiger partial charge on any atom is -0.481 e. The number of fused-ring (bicyclic) bond motifs is 1. The van der Waals surface area contributed by atoms with Gasteiger partial charge in [0, 0.05) is 0 Å². The van der Waals surface area contributed by atoms with E-state index in [1.165, 1.54) is 0 Å². The van der Waals surface area contributed by atoms with Gasteiger partial charge in [-0.2, -0.15) is 0 Å². The maximum absolute atomic E-state index is 11.5. The molecule has 0 heterocycles. The van der Waals surface area contributed by atoms with Crippen LogP contribution in [0.3, 0.4) is 0 Å². The summed E-state index contributed by atoms with van der Waals surface area (Å²) < 4.78 is 0. The molecule has 0 aliphatic heterocycles. The van der Waals surface area contributed by atoms with Crippen LogP contribution in [0.1, 0.15) is 37.7 Å². The second-order valence-corrected chi connectivity index (χ2v) is 5.13. The lowest BCUT2D eigenvalue weighted by molar-refractivity contribution is -0.141. The van der Waals surface area contributed by atoms with E-state index < -0.39 is 18.0 Å². The summed E-state index contributed by atoms with van der Waals surface area (Å²) in [5.74, 6) is -1.82. The summed E-state index contributed by atoms with van der Waals surface area (Å²) in [5.41, 5.74) is 0.666. The highest BCUT2D eigenvalue weighted by atomic mass is 16.4. The highest BCUT2D eigenvalue weighted by Gasteiger charge is 2.27. The van der Waals surface area contributed by atoms with E-state index in [9.17, 15) is 15.0 Å². The first-order valence-electron chi connectivity index (χ1n) is 7.03. The second-order valence-electron chi connectivity index (χ2n) is 5.13. The highest BCUT2D eigenvalue weighted by molar-refractivity contribution is 5.85. The van der Waals surface area contributed by atoms with Crippen LogP contribution in [0, 0.1) is 0 Å². The molecular weight excluding hydrogens is 252 g/mol. The molecule has 0 radical (unpaired) electrons. The van der Waals surface area contributed by atoms with Crippen molar-refractivity contribution in [1.29, 1.82) is 0 Å². The minimum absolute atomic E-state index is 0.514. The Morgan fingerprint density at radius 2 is 1.85 bits per heavy atom. The molecule has 0 amide bonds. The van der Waals surface area contributed by atoms with Crippen LogP contribution < -0.4 is 0 Å². The molecule has 0 aromatic heterocycles. The summed E-state index contributed by atoms with van der Waals surface area (Å²) in [5, 5.41) is 21.6. The summed E-state index contributed by atoms with van der Waals surface area (Å²) in [7, 11) is 0. The largest absolute Gasteiger partial charge is 0.481 e. The summed E-state index contributed by atoms with van der Waals surface area (Å²) in [6.45, 7) is 2.03. The molecule has 2 atom stereocenters. The van der Waals surface area contributed by atoms with E-state index in [1.54, 1.807) is 6.07 Å². The SMILES string of the molecule is CCCCC(O)C(C(=O)O)c1ccc2ccccc2c1. The molecule has 2 aromatic rings. The lowest BCUT2D eigenvalue weighted by Crippen LogP contribution is -2.26. The number of carbonyl (C=O) groups is 1. The predicted octanol–water partition coefficient (Wildman–Crippen LogP) is 3.56. The first-order chi connectivity index (χ1) is 9.63. The number of rotatable bonds is 6. The average molecular weight is 272 g/mol. The van der Waals surface area contributed by atoms with Crippen LogP contribution in [0.15, 0.2) is 42.5 Å². The quantitative estimate of drug-likeness (QED) is 0.845. The third kappa shape index (κ3) is 3.17. The van der Waals surface area contributed by atoms with Crippen LogP contribution in [0.25, 0.3) is 10.8 Å². The predicted molar refractivity (Wildman–Crippen MR) is 79.9 cm³/mol. The van der Waals surface area contributed by atoms with Crippen molar-refractivity contribution < 1.29 is 15.0 Å². The lowest BCUT2D eigenvalue weighted by Gasteiger charge is -2.19. The molecule has 0 spiro atoms. The van der Waals surface area contributed by atoms with E-state index in [0.717, 1.165) is 23.6 Å². The number of hydrogen-bond donors (Lipinski definition) is 2. The molecule has 0 saturated carbocycles. The molecule has 2 rings (SSSR count). The molecule has 0 saturated heterocycles. The molecule has 20 heavy (non-hydrogen) atoms. The standard InChI is InChI=1S/C17H20O3/c1-2-3-8-15(18)16(17(19)20)14-10-9-12-6-4-5-7-13(12)11-14/h4-7,9-11,15-16,18H,2-3,8H2,1H3,(H,19,20). The van der Waals surface area contributed by atoms with Crippen LogP contribution in [-0.2, 0) is 4.79 Å². The van der Waals surface area contributed by atoms with Crippen LogP contribution in [0.4, 0.5) is 0 Å². The Morgan fingerprint density at radius 3 is 2.50 bits per heavy atom. The van der Waals surface area contributed by atoms with Crippen molar-refractivity contribution >= 4 is 16.7 Å². The fraction of sp³-hybridized carbons (Fsp3) is 0.353. The van der Waals surface area contributed by atoms with Crippen molar-refractivity contribution in [3.63, 3.8) is 0 Å². The Morgan fingerprint density at radius 1 is 1.15 bits per heavy atom. The van der Waals surface area contributed by atoms with Gasteiger partial charge >= 0.3 is 5.97 Å². The number of aliphatic hydroxyl groups is 1. The first-order valence-corrected chi connectivity index (χ1v) is 7.03. The van der Waals surface area contributed by atoms with E-state index in [1.807, 2.05) is 43.3 Å². The van der Waals surface area contributed by atoms with Gasteiger partial charge in [-0.1, -0.05) is 62.2 Å². The Balaban J connectivity index is 2.33. The topological polar surface area (TPSA) is 57.5 Å². The van der Waals surface area contributed by atoms with Gasteiger partial charge in [-0.15, -0.1) is 0 Å². The maximum Gasteiger partial charge on any atom is 0.313 e. The van der Waals surface area contributed by atoms with Gasteiger partial charge in [-0.3, -0.25) is 4.79 Å². The number of hydrogen-bond acceptors (Lipinski definition) is 2. The summed E-state index contributed by atoms with van der Waals surface area (Å²) >= 11 is 0. The molecule has 0 bridgehead atoms. The average Bonchev–Trinajstić information content (AvgIpc) is 2.44. The van der Waals surface area contributed by atoms with Crippen LogP contribution in [-0.4, -0.2) is 22.3 Å². The Hall–Kier alpha value is -1.87. The summed E-state index contributed by atoms with van der Waals surface area (Å²) in [6, 6.07) is 13.4. The zero-order chi connectivity index (χ0) is 14.5. The van der Waals surface area contributed by atoms with E-state index in [-0.39, 0.29) is 0 Å². The van der Waals surface area contributed by atoms with Crippen LogP contribution in [0.2, 0.25) is 0 Å². The Kier molecular flexibility index (Phi) is 4.74. The number of carboxylic acid groups (broad SMARTS) is 1. The fourth-order valence-corrected chi connectivity index (χ4v) is 2.51. The van der Waals surface area contributed by atoms with Crippen molar-refractivity contribution in [2.45, 2.75) is 38.2 Å². The molecule has 2 N–H and O–H groups in total. The first kappa shape index (κ1) is 14.5. The minimum atomic E-state index is -0.969. The summed E-state index contributed by atoms with van der Waals surface area (Å²) in [6.07, 6.45) is 1.45. The van der Waals surface area contributed by atoms with Gasteiger partial charge in [0.1, 0.15) is 5.92 Å². The van der Waals surface area contributed by atoms with Crippen molar-refractivity contribution in [2.24, 2.45) is 0 Å². The van der Waals surface area contributed by atoms with Gasteiger partial charge in [0.25, 0.3) is 0 Å². The monoisotopic (exact) mass is 272 g/mol. The van der Waals surface area contributed by atoms with Crippen LogP contribution in [0.5, 0.6) is 0 Å². The smallest absolute Gasteiger partial charge is 0.313 e. The number of benzene rings is 2. The molecule has 0 aliphatic carbocycles. The molecule has 106 valence electrons. The van der Waals surface area contributed by atoms with Crippen molar-refractivity contribution in [3.8, 4) is 0 Å².